The lowest BCUT2D eigenvalue weighted by Gasteiger charge is -2.29. The van der Waals surface area contributed by atoms with Crippen molar-refractivity contribution >= 4 is 28.9 Å². The summed E-state index contributed by atoms with van der Waals surface area (Å²) in [6.45, 7) is 0.710. The molecule has 4 aromatic rings. The van der Waals surface area contributed by atoms with Crippen LogP contribution >= 0.6 is 23.8 Å². The summed E-state index contributed by atoms with van der Waals surface area (Å²) in [5, 5.41) is 4.96. The van der Waals surface area contributed by atoms with Gasteiger partial charge < -0.3 is 14.8 Å². The largest absolute Gasteiger partial charge is 0.352 e. The van der Waals surface area contributed by atoms with E-state index in [-0.39, 0.29) is 12.1 Å². The van der Waals surface area contributed by atoms with Gasteiger partial charge in [0.1, 0.15) is 0 Å². The summed E-state index contributed by atoms with van der Waals surface area (Å²) in [6, 6.07) is 28.4. The highest BCUT2D eigenvalue weighted by molar-refractivity contribution is 7.80. The molecule has 0 amide bonds. The van der Waals surface area contributed by atoms with Crippen LogP contribution in [0.1, 0.15) is 29.0 Å². The number of pyridine rings is 1. The van der Waals surface area contributed by atoms with E-state index in [0.717, 1.165) is 22.2 Å². The molecule has 0 saturated carbocycles. The molecule has 0 unspecified atom stereocenters. The van der Waals surface area contributed by atoms with Crippen LogP contribution in [0, 0.1) is 0 Å². The highest BCUT2D eigenvalue weighted by atomic mass is 35.5. The van der Waals surface area contributed by atoms with Gasteiger partial charge in [-0.2, -0.15) is 0 Å². The predicted molar refractivity (Wildman–Crippen MR) is 128 cm³/mol. The molecular formula is C25H21ClN4S. The van der Waals surface area contributed by atoms with E-state index >= 15 is 0 Å². The van der Waals surface area contributed by atoms with E-state index in [1.807, 2.05) is 48.7 Å². The van der Waals surface area contributed by atoms with Gasteiger partial charge in [0.15, 0.2) is 5.11 Å². The van der Waals surface area contributed by atoms with Crippen LogP contribution in [0.5, 0.6) is 0 Å². The number of halogens is 1. The maximum atomic E-state index is 6.29. The predicted octanol–water partition coefficient (Wildman–Crippen LogP) is 5.70. The molecule has 1 aliphatic heterocycles. The van der Waals surface area contributed by atoms with E-state index in [2.05, 4.69) is 68.4 Å². The number of thiocarbonyl (C=S) groups is 1. The molecule has 0 bridgehead atoms. The zero-order valence-corrected chi connectivity index (χ0v) is 18.3. The van der Waals surface area contributed by atoms with E-state index in [1.54, 1.807) is 0 Å². The van der Waals surface area contributed by atoms with Crippen molar-refractivity contribution in [1.29, 1.82) is 0 Å². The van der Waals surface area contributed by atoms with E-state index in [1.165, 1.54) is 5.56 Å². The summed E-state index contributed by atoms with van der Waals surface area (Å²) in [5.41, 5.74) is 4.31. The third-order valence-corrected chi connectivity index (χ3v) is 6.15. The Morgan fingerprint density at radius 1 is 0.935 bits per heavy atom. The van der Waals surface area contributed by atoms with Crippen molar-refractivity contribution in [2.24, 2.45) is 0 Å². The van der Waals surface area contributed by atoms with Gasteiger partial charge in [-0.15, -0.1) is 0 Å². The maximum Gasteiger partial charge on any atom is 0.170 e. The lowest BCUT2D eigenvalue weighted by molar-refractivity contribution is 0.302. The normalized spacial score (nSPS) is 18.2. The summed E-state index contributed by atoms with van der Waals surface area (Å²) in [4.78, 5) is 6.88. The van der Waals surface area contributed by atoms with Crippen molar-refractivity contribution in [1.82, 2.24) is 19.8 Å². The Kier molecular flexibility index (Phi) is 5.45. The Balaban J connectivity index is 1.61. The molecule has 3 heterocycles. The van der Waals surface area contributed by atoms with Crippen molar-refractivity contribution in [2.45, 2.75) is 18.6 Å². The Morgan fingerprint density at radius 3 is 2.55 bits per heavy atom. The molecule has 0 radical (unpaired) electrons. The topological polar surface area (TPSA) is 33.1 Å². The minimum atomic E-state index is -0.0646. The van der Waals surface area contributed by atoms with Crippen LogP contribution in [0.3, 0.4) is 0 Å². The number of rotatable bonds is 5. The first-order valence-electron chi connectivity index (χ1n) is 10.2. The van der Waals surface area contributed by atoms with Crippen molar-refractivity contribution in [3.63, 3.8) is 0 Å². The fourth-order valence-corrected chi connectivity index (χ4v) is 4.66. The van der Waals surface area contributed by atoms with Crippen molar-refractivity contribution in [3.8, 4) is 5.69 Å². The van der Waals surface area contributed by atoms with Gasteiger partial charge in [0.2, 0.25) is 0 Å². The molecule has 1 fully saturated rings. The van der Waals surface area contributed by atoms with Gasteiger partial charge in [-0.05, 0) is 60.2 Å². The minimum Gasteiger partial charge on any atom is -0.352 e. The third-order valence-electron chi connectivity index (χ3n) is 5.56. The summed E-state index contributed by atoms with van der Waals surface area (Å²) in [5.74, 6) is 0. The second-order valence-electron chi connectivity index (χ2n) is 7.52. The average molecular weight is 445 g/mol. The van der Waals surface area contributed by atoms with Crippen LogP contribution in [0.15, 0.2) is 97.3 Å². The van der Waals surface area contributed by atoms with E-state index in [0.29, 0.717) is 11.6 Å². The molecule has 1 N–H and O–H groups in total. The number of aromatic nitrogens is 2. The molecule has 6 heteroatoms. The first kappa shape index (κ1) is 19.8. The molecule has 1 aliphatic rings. The molecule has 5 rings (SSSR count). The van der Waals surface area contributed by atoms with Crippen molar-refractivity contribution in [2.75, 3.05) is 0 Å². The molecule has 1 saturated heterocycles. The van der Waals surface area contributed by atoms with Gasteiger partial charge in [0.05, 0.1) is 17.8 Å². The number of benzene rings is 2. The van der Waals surface area contributed by atoms with E-state index in [9.17, 15) is 0 Å². The van der Waals surface area contributed by atoms with Gasteiger partial charge >= 0.3 is 0 Å². The maximum absolute atomic E-state index is 6.29. The Hall–Kier alpha value is -3.15. The summed E-state index contributed by atoms with van der Waals surface area (Å²) in [7, 11) is 0. The Labute approximate surface area is 192 Å². The molecule has 0 aliphatic carbocycles. The number of nitrogens with zero attached hydrogens (tertiary/aromatic N) is 3. The van der Waals surface area contributed by atoms with E-state index < -0.39 is 0 Å². The van der Waals surface area contributed by atoms with Crippen LogP contribution in [-0.4, -0.2) is 19.6 Å². The third kappa shape index (κ3) is 3.94. The zero-order chi connectivity index (χ0) is 21.2. The zero-order valence-electron chi connectivity index (χ0n) is 16.7. The lowest BCUT2D eigenvalue weighted by atomic mass is 10.0. The molecule has 2 aromatic heterocycles. The molecule has 0 spiro atoms. The van der Waals surface area contributed by atoms with Crippen molar-refractivity contribution in [3.05, 3.63) is 119 Å². The molecule has 2 atom stereocenters. The summed E-state index contributed by atoms with van der Waals surface area (Å²) >= 11 is 12.1. The van der Waals surface area contributed by atoms with Gasteiger partial charge in [0, 0.05) is 35.3 Å². The number of hydrogen-bond acceptors (Lipinski definition) is 2. The Morgan fingerprint density at radius 2 is 1.77 bits per heavy atom. The summed E-state index contributed by atoms with van der Waals surface area (Å²) in [6.07, 6.45) is 3.89. The second kappa shape index (κ2) is 8.53. The first-order valence-corrected chi connectivity index (χ1v) is 10.9. The minimum absolute atomic E-state index is 0.0309. The highest BCUT2D eigenvalue weighted by Gasteiger charge is 2.41. The van der Waals surface area contributed by atoms with Gasteiger partial charge in [0.25, 0.3) is 0 Å². The van der Waals surface area contributed by atoms with Crippen LogP contribution in [0.25, 0.3) is 5.69 Å². The molecular weight excluding hydrogens is 424 g/mol. The van der Waals surface area contributed by atoms with Gasteiger partial charge in [-0.25, -0.2) is 0 Å². The standard InChI is InChI=1S/C25H21ClN4S/c26-19-10-6-11-20(16-19)29-15-7-13-22(29)24-23(21-12-4-5-14-27-21)28-25(31)30(24)17-18-8-2-1-3-9-18/h1-16,23-24H,17H2,(H,28,31)/t23-,24-/m1/s1. The molecule has 31 heavy (non-hydrogen) atoms. The quantitative estimate of drug-likeness (QED) is 0.400. The Bertz CT molecular complexity index is 1190. The number of hydrogen-bond donors (Lipinski definition) is 1. The van der Waals surface area contributed by atoms with Crippen molar-refractivity contribution < 1.29 is 0 Å². The first-order chi connectivity index (χ1) is 15.2. The van der Waals surface area contributed by atoms with Gasteiger partial charge in [-0.3, -0.25) is 4.98 Å². The van der Waals surface area contributed by atoms with Crippen LogP contribution < -0.4 is 5.32 Å². The monoisotopic (exact) mass is 444 g/mol. The highest BCUT2D eigenvalue weighted by Crippen LogP contribution is 2.40. The smallest absolute Gasteiger partial charge is 0.170 e. The van der Waals surface area contributed by atoms with Crippen LogP contribution in [0.4, 0.5) is 0 Å². The van der Waals surface area contributed by atoms with E-state index in [4.69, 9.17) is 23.8 Å². The fourth-order valence-electron chi connectivity index (χ4n) is 4.17. The molecule has 2 aromatic carbocycles. The lowest BCUT2D eigenvalue weighted by Crippen LogP contribution is -2.30. The summed E-state index contributed by atoms with van der Waals surface area (Å²) < 4.78 is 2.18. The SMILES string of the molecule is S=C1N[C@H](c2ccccn2)[C@@H](c2cccn2-c2cccc(Cl)c2)N1Cc1ccccc1. The van der Waals surface area contributed by atoms with Crippen LogP contribution in [-0.2, 0) is 6.54 Å². The molecule has 4 nitrogen and oxygen atoms in total. The van der Waals surface area contributed by atoms with Gasteiger partial charge in [-0.1, -0.05) is 54.1 Å². The second-order valence-corrected chi connectivity index (χ2v) is 8.35. The molecule has 154 valence electrons. The van der Waals surface area contributed by atoms with Crippen LogP contribution in [0.2, 0.25) is 5.02 Å². The number of nitrogens with one attached hydrogen (secondary N) is 1. The fraction of sp³-hybridized carbons (Fsp3) is 0.120. The average Bonchev–Trinajstić information content (AvgIpc) is 3.40.